The van der Waals surface area contributed by atoms with Crippen molar-refractivity contribution in [1.82, 2.24) is 10.2 Å². The van der Waals surface area contributed by atoms with Crippen LogP contribution in [0.15, 0.2) is 0 Å². The molecule has 1 amide bonds. The second-order valence-corrected chi connectivity index (χ2v) is 3.60. The number of amides is 1. The molecule has 3 heteroatoms. The van der Waals surface area contributed by atoms with Crippen LogP contribution in [0.1, 0.15) is 26.2 Å². The molecule has 2 heterocycles. The number of carbonyl (C=O) groups is 1. The van der Waals surface area contributed by atoms with E-state index in [0.717, 1.165) is 32.4 Å². The molecule has 0 aromatic carbocycles. The predicted octanol–water partition coefficient (Wildman–Crippen LogP) is 0.318. The Morgan fingerprint density at radius 3 is 3.18 bits per heavy atom. The molecule has 2 aliphatic heterocycles. The van der Waals surface area contributed by atoms with Crippen LogP contribution >= 0.6 is 0 Å². The smallest absolute Gasteiger partial charge is 0.224 e. The lowest BCUT2D eigenvalue weighted by Gasteiger charge is -2.38. The third-order valence-corrected chi connectivity index (χ3v) is 2.79. The van der Waals surface area contributed by atoms with Gasteiger partial charge in [0.1, 0.15) is 0 Å². The molecule has 0 aromatic heterocycles. The summed E-state index contributed by atoms with van der Waals surface area (Å²) in [5.41, 5.74) is -0.00463. The van der Waals surface area contributed by atoms with Gasteiger partial charge in [0.2, 0.25) is 5.91 Å². The second-order valence-electron chi connectivity index (χ2n) is 3.60. The number of hydrogen-bond acceptors (Lipinski definition) is 2. The van der Waals surface area contributed by atoms with Crippen molar-refractivity contribution in [2.45, 2.75) is 31.8 Å². The Hall–Kier alpha value is -0.570. The van der Waals surface area contributed by atoms with Crippen LogP contribution in [0, 0.1) is 0 Å². The lowest BCUT2D eigenvalue weighted by atomic mass is 9.98. The van der Waals surface area contributed by atoms with E-state index in [-0.39, 0.29) is 5.66 Å². The Balaban J connectivity index is 2.22. The summed E-state index contributed by atoms with van der Waals surface area (Å²) in [6.45, 7) is 3.98. The number of nitrogens with zero attached hydrogens (tertiary/aromatic N) is 1. The maximum absolute atomic E-state index is 11.4. The zero-order chi connectivity index (χ0) is 7.90. The maximum atomic E-state index is 11.4. The Labute approximate surface area is 66.8 Å². The fourth-order valence-electron chi connectivity index (χ4n) is 2.12. The fourth-order valence-corrected chi connectivity index (χ4v) is 2.12. The minimum atomic E-state index is -0.00463. The van der Waals surface area contributed by atoms with Crippen LogP contribution in [0.5, 0.6) is 0 Å². The molecule has 62 valence electrons. The summed E-state index contributed by atoms with van der Waals surface area (Å²) in [4.78, 5) is 13.3. The van der Waals surface area contributed by atoms with E-state index in [4.69, 9.17) is 0 Å². The minimum Gasteiger partial charge on any atom is -0.323 e. The number of hydrogen-bond donors (Lipinski definition) is 1. The third kappa shape index (κ3) is 0.948. The van der Waals surface area contributed by atoms with Crippen molar-refractivity contribution in [1.29, 1.82) is 0 Å². The van der Waals surface area contributed by atoms with Gasteiger partial charge in [-0.3, -0.25) is 10.1 Å². The first kappa shape index (κ1) is 7.10. The van der Waals surface area contributed by atoms with E-state index >= 15 is 0 Å². The van der Waals surface area contributed by atoms with Crippen LogP contribution in [0.25, 0.3) is 0 Å². The number of fused-ring (bicyclic) bond motifs is 1. The second kappa shape index (κ2) is 2.21. The molecule has 0 spiro atoms. The molecule has 0 unspecified atom stereocenters. The number of carbonyl (C=O) groups excluding carboxylic acids is 1. The number of rotatable bonds is 0. The fraction of sp³-hybridized carbons (Fsp3) is 0.875. The average molecular weight is 154 g/mol. The van der Waals surface area contributed by atoms with E-state index < -0.39 is 0 Å². The van der Waals surface area contributed by atoms with Crippen molar-refractivity contribution in [2.24, 2.45) is 0 Å². The third-order valence-electron chi connectivity index (χ3n) is 2.79. The van der Waals surface area contributed by atoms with Gasteiger partial charge in [-0.15, -0.1) is 0 Å². The van der Waals surface area contributed by atoms with Gasteiger partial charge in [0.05, 0.1) is 5.66 Å². The highest BCUT2D eigenvalue weighted by molar-refractivity contribution is 5.78. The van der Waals surface area contributed by atoms with Crippen LogP contribution in [-0.2, 0) is 4.79 Å². The molecule has 1 N–H and O–H groups in total. The summed E-state index contributed by atoms with van der Waals surface area (Å²) < 4.78 is 0. The van der Waals surface area contributed by atoms with Gasteiger partial charge in [0.25, 0.3) is 0 Å². The van der Waals surface area contributed by atoms with Gasteiger partial charge in [-0.1, -0.05) is 0 Å². The van der Waals surface area contributed by atoms with Gasteiger partial charge >= 0.3 is 0 Å². The van der Waals surface area contributed by atoms with E-state index in [1.165, 1.54) is 0 Å². The molecule has 0 radical (unpaired) electrons. The van der Waals surface area contributed by atoms with E-state index in [1.807, 2.05) is 4.90 Å². The summed E-state index contributed by atoms with van der Waals surface area (Å²) >= 11 is 0. The van der Waals surface area contributed by atoms with Crippen LogP contribution < -0.4 is 5.32 Å². The molecule has 1 atom stereocenters. The van der Waals surface area contributed by atoms with Gasteiger partial charge in [-0.05, 0) is 19.8 Å². The van der Waals surface area contributed by atoms with E-state index in [0.29, 0.717) is 5.91 Å². The molecule has 2 saturated heterocycles. The SMILES string of the molecule is C[C@]12CCCC(=O)N1CCN2. The Morgan fingerprint density at radius 1 is 1.64 bits per heavy atom. The largest absolute Gasteiger partial charge is 0.323 e. The van der Waals surface area contributed by atoms with Crippen molar-refractivity contribution < 1.29 is 4.79 Å². The molecule has 0 aromatic rings. The van der Waals surface area contributed by atoms with Gasteiger partial charge in [-0.25, -0.2) is 0 Å². The van der Waals surface area contributed by atoms with Gasteiger partial charge in [-0.2, -0.15) is 0 Å². The summed E-state index contributed by atoms with van der Waals surface area (Å²) in [5.74, 6) is 0.323. The normalized spacial score (nSPS) is 37.5. The molecular formula is C8H14N2O. The Kier molecular flexibility index (Phi) is 1.42. The Bertz CT molecular complexity index is 193. The molecule has 0 saturated carbocycles. The van der Waals surface area contributed by atoms with Crippen molar-refractivity contribution >= 4 is 5.91 Å². The number of nitrogens with one attached hydrogen (secondary N) is 1. The quantitative estimate of drug-likeness (QED) is 0.545. The first-order valence-corrected chi connectivity index (χ1v) is 4.28. The highest BCUT2D eigenvalue weighted by Crippen LogP contribution is 2.28. The van der Waals surface area contributed by atoms with Crippen LogP contribution in [0.4, 0.5) is 0 Å². The zero-order valence-electron chi connectivity index (χ0n) is 6.89. The molecule has 3 nitrogen and oxygen atoms in total. The molecule has 2 aliphatic rings. The molecular weight excluding hydrogens is 140 g/mol. The summed E-state index contributed by atoms with van der Waals surface area (Å²) in [6.07, 6.45) is 2.90. The van der Waals surface area contributed by atoms with E-state index in [9.17, 15) is 4.79 Å². The molecule has 2 fully saturated rings. The lowest BCUT2D eigenvalue weighted by Crippen LogP contribution is -2.53. The predicted molar refractivity (Wildman–Crippen MR) is 42.0 cm³/mol. The van der Waals surface area contributed by atoms with Crippen LogP contribution in [0.2, 0.25) is 0 Å². The minimum absolute atomic E-state index is 0.00463. The maximum Gasteiger partial charge on any atom is 0.224 e. The standard InChI is InChI=1S/C8H14N2O/c1-8-4-2-3-7(11)10(8)6-5-9-8/h9H,2-6H2,1H3/t8-/m1/s1. The van der Waals surface area contributed by atoms with E-state index in [1.54, 1.807) is 0 Å². The van der Waals surface area contributed by atoms with Crippen molar-refractivity contribution in [3.8, 4) is 0 Å². The monoisotopic (exact) mass is 154 g/mol. The Morgan fingerprint density at radius 2 is 2.45 bits per heavy atom. The average Bonchev–Trinajstić information content (AvgIpc) is 2.31. The highest BCUT2D eigenvalue weighted by atomic mass is 16.2. The summed E-state index contributed by atoms with van der Waals surface area (Å²) in [7, 11) is 0. The van der Waals surface area contributed by atoms with Crippen LogP contribution in [-0.4, -0.2) is 29.6 Å². The van der Waals surface area contributed by atoms with E-state index in [2.05, 4.69) is 12.2 Å². The van der Waals surface area contributed by atoms with Gasteiger partial charge in [0, 0.05) is 19.5 Å². The topological polar surface area (TPSA) is 32.3 Å². The summed E-state index contributed by atoms with van der Waals surface area (Å²) in [6, 6.07) is 0. The van der Waals surface area contributed by atoms with Crippen molar-refractivity contribution in [2.75, 3.05) is 13.1 Å². The highest BCUT2D eigenvalue weighted by Gasteiger charge is 2.41. The lowest BCUT2D eigenvalue weighted by molar-refractivity contribution is -0.138. The number of piperidine rings is 1. The molecule has 2 rings (SSSR count). The molecule has 0 bridgehead atoms. The van der Waals surface area contributed by atoms with Crippen molar-refractivity contribution in [3.05, 3.63) is 0 Å². The van der Waals surface area contributed by atoms with Crippen molar-refractivity contribution in [3.63, 3.8) is 0 Å². The zero-order valence-corrected chi connectivity index (χ0v) is 6.89. The van der Waals surface area contributed by atoms with Crippen LogP contribution in [0.3, 0.4) is 0 Å². The first-order valence-electron chi connectivity index (χ1n) is 4.28. The van der Waals surface area contributed by atoms with Gasteiger partial charge in [0.15, 0.2) is 0 Å². The van der Waals surface area contributed by atoms with Gasteiger partial charge < -0.3 is 4.90 Å². The molecule has 11 heavy (non-hydrogen) atoms. The first-order chi connectivity index (χ1) is 5.22. The molecule has 0 aliphatic carbocycles. The summed E-state index contributed by atoms with van der Waals surface area (Å²) in [5, 5.41) is 3.37.